The fourth-order valence-electron chi connectivity index (χ4n) is 7.48. The second-order valence-electron chi connectivity index (χ2n) is 13.8. The van der Waals surface area contributed by atoms with Crippen molar-refractivity contribution >= 4 is 37.1 Å². The van der Waals surface area contributed by atoms with E-state index >= 15 is 0 Å². The normalized spacial score (nSPS) is 14.0. The van der Waals surface area contributed by atoms with Gasteiger partial charge in [0, 0.05) is 53.9 Å². The van der Waals surface area contributed by atoms with Crippen LogP contribution in [0.1, 0.15) is 23.6 Å². The quantitative estimate of drug-likeness (QED) is 0.164. The van der Waals surface area contributed by atoms with Crippen molar-refractivity contribution in [3.05, 3.63) is 199 Å². The van der Waals surface area contributed by atoms with Crippen molar-refractivity contribution in [3.8, 4) is 56.5 Å². The van der Waals surface area contributed by atoms with E-state index in [1.54, 1.807) is 11.3 Å². The molecule has 3 aromatic heterocycles. The van der Waals surface area contributed by atoms with Crippen LogP contribution in [0.4, 0.5) is 0 Å². The third kappa shape index (κ3) is 6.45. The summed E-state index contributed by atoms with van der Waals surface area (Å²) in [6.45, 7) is 0. The SMILES string of the molecule is C1=CC(c2ccccc2)CC=C1c1cc(-c2cccc3sc4cc(-c5nc(-c6ccccc6)cc(-c6ccccc6)n5)ccc4c23)nc(-c2ccccc2)n1. The van der Waals surface area contributed by atoms with E-state index in [2.05, 4.69) is 133 Å². The lowest BCUT2D eigenvalue weighted by atomic mass is 9.89. The van der Waals surface area contributed by atoms with Crippen molar-refractivity contribution < 1.29 is 0 Å². The standard InChI is InChI=1S/C50H34N4S/c1-5-14-33(15-6-1)34-24-26-37(27-25-34)44-32-45(54-49(51-44)38-20-11-4-12-21-38)40-22-13-23-46-48(40)41-29-28-39(30-47(41)55-46)50-52-42(35-16-7-2-8-17-35)31-43(53-50)36-18-9-3-10-19-36/h1-24,26-32,34H,25H2. The zero-order valence-electron chi connectivity index (χ0n) is 29.9. The summed E-state index contributed by atoms with van der Waals surface area (Å²) in [5.41, 5.74) is 11.3. The Kier molecular flexibility index (Phi) is 8.47. The minimum Gasteiger partial charge on any atom is -0.228 e. The molecule has 0 amide bonds. The van der Waals surface area contributed by atoms with Crippen LogP contribution in [0, 0.1) is 0 Å². The highest BCUT2D eigenvalue weighted by Gasteiger charge is 2.19. The highest BCUT2D eigenvalue weighted by molar-refractivity contribution is 7.26. The molecule has 1 unspecified atom stereocenters. The summed E-state index contributed by atoms with van der Waals surface area (Å²) in [7, 11) is 0. The van der Waals surface area contributed by atoms with Gasteiger partial charge < -0.3 is 0 Å². The molecular formula is C50H34N4S. The molecule has 0 fully saturated rings. The molecule has 260 valence electrons. The second kappa shape index (κ2) is 14.2. The van der Waals surface area contributed by atoms with Gasteiger partial charge in [-0.2, -0.15) is 0 Å². The number of aromatic nitrogens is 4. The minimum atomic E-state index is 0.354. The van der Waals surface area contributed by atoms with Crippen molar-refractivity contribution in [1.29, 1.82) is 0 Å². The van der Waals surface area contributed by atoms with E-state index in [9.17, 15) is 0 Å². The first-order valence-electron chi connectivity index (χ1n) is 18.6. The Balaban J connectivity index is 1.08. The number of thiophene rings is 1. The number of hydrogen-bond donors (Lipinski definition) is 0. The van der Waals surface area contributed by atoms with Crippen LogP contribution in [0.25, 0.3) is 82.3 Å². The van der Waals surface area contributed by atoms with E-state index in [0.717, 1.165) is 68.4 Å². The van der Waals surface area contributed by atoms with E-state index in [-0.39, 0.29) is 0 Å². The van der Waals surface area contributed by atoms with Crippen molar-refractivity contribution in [2.45, 2.75) is 12.3 Å². The number of rotatable bonds is 7. The van der Waals surface area contributed by atoms with E-state index in [0.29, 0.717) is 11.7 Å². The third-order valence-electron chi connectivity index (χ3n) is 10.3. The van der Waals surface area contributed by atoms with Crippen LogP contribution in [-0.2, 0) is 0 Å². The van der Waals surface area contributed by atoms with Gasteiger partial charge in [-0.25, -0.2) is 19.9 Å². The Bertz CT molecular complexity index is 2820. The maximum absolute atomic E-state index is 5.23. The first kappa shape index (κ1) is 32.8. The van der Waals surface area contributed by atoms with Crippen LogP contribution >= 0.6 is 11.3 Å². The molecule has 1 aliphatic carbocycles. The van der Waals surface area contributed by atoms with Crippen molar-refractivity contribution in [2.24, 2.45) is 0 Å². The van der Waals surface area contributed by atoms with Gasteiger partial charge in [-0.1, -0.05) is 164 Å². The lowest BCUT2D eigenvalue weighted by Crippen LogP contribution is -2.02. The Morgan fingerprint density at radius 1 is 0.455 bits per heavy atom. The van der Waals surface area contributed by atoms with Crippen molar-refractivity contribution in [2.75, 3.05) is 0 Å². The molecule has 0 bridgehead atoms. The summed E-state index contributed by atoms with van der Waals surface area (Å²) in [6, 6.07) is 59.0. The predicted octanol–water partition coefficient (Wildman–Crippen LogP) is 13.1. The van der Waals surface area contributed by atoms with Gasteiger partial charge in [-0.05, 0) is 41.8 Å². The Morgan fingerprint density at radius 3 is 1.69 bits per heavy atom. The molecule has 0 N–H and O–H groups in total. The van der Waals surface area contributed by atoms with Crippen molar-refractivity contribution in [1.82, 2.24) is 19.9 Å². The third-order valence-corrected chi connectivity index (χ3v) is 11.4. The van der Waals surface area contributed by atoms with Gasteiger partial charge in [0.1, 0.15) is 0 Å². The number of hydrogen-bond acceptors (Lipinski definition) is 5. The molecule has 55 heavy (non-hydrogen) atoms. The van der Waals surface area contributed by atoms with Gasteiger partial charge in [0.25, 0.3) is 0 Å². The van der Waals surface area contributed by atoms with Crippen LogP contribution in [-0.4, -0.2) is 19.9 Å². The topological polar surface area (TPSA) is 51.6 Å². The summed E-state index contributed by atoms with van der Waals surface area (Å²) < 4.78 is 2.38. The second-order valence-corrected chi connectivity index (χ2v) is 14.9. The Hall–Kier alpha value is -6.82. The van der Waals surface area contributed by atoms with Crippen LogP contribution in [0.3, 0.4) is 0 Å². The lowest BCUT2D eigenvalue weighted by molar-refractivity contribution is 0.855. The lowest BCUT2D eigenvalue weighted by Gasteiger charge is -2.17. The fourth-order valence-corrected chi connectivity index (χ4v) is 8.65. The highest BCUT2D eigenvalue weighted by atomic mass is 32.1. The van der Waals surface area contributed by atoms with E-state index < -0.39 is 0 Å². The summed E-state index contributed by atoms with van der Waals surface area (Å²) >= 11 is 1.79. The molecule has 0 saturated carbocycles. The molecule has 4 nitrogen and oxygen atoms in total. The Morgan fingerprint density at radius 2 is 1.04 bits per heavy atom. The smallest absolute Gasteiger partial charge is 0.160 e. The molecule has 0 saturated heterocycles. The summed E-state index contributed by atoms with van der Waals surface area (Å²) in [5.74, 6) is 1.78. The van der Waals surface area contributed by atoms with Crippen LogP contribution in [0.15, 0.2) is 188 Å². The molecule has 0 radical (unpaired) electrons. The average Bonchev–Trinajstić information content (AvgIpc) is 3.66. The van der Waals surface area contributed by atoms with Crippen LogP contribution in [0.2, 0.25) is 0 Å². The minimum absolute atomic E-state index is 0.354. The highest BCUT2D eigenvalue weighted by Crippen LogP contribution is 2.42. The molecule has 0 spiro atoms. The maximum atomic E-state index is 5.23. The number of benzene rings is 6. The molecule has 0 aliphatic heterocycles. The van der Waals surface area contributed by atoms with E-state index in [4.69, 9.17) is 19.9 Å². The van der Waals surface area contributed by atoms with Gasteiger partial charge in [0.15, 0.2) is 11.6 Å². The zero-order valence-corrected chi connectivity index (χ0v) is 30.7. The fraction of sp³-hybridized carbons (Fsp3) is 0.0400. The molecule has 3 heterocycles. The first-order valence-corrected chi connectivity index (χ1v) is 19.4. The molecule has 1 atom stereocenters. The largest absolute Gasteiger partial charge is 0.228 e. The number of fused-ring (bicyclic) bond motifs is 3. The molecule has 6 aromatic carbocycles. The van der Waals surface area contributed by atoms with Gasteiger partial charge in [-0.3, -0.25) is 0 Å². The first-order chi connectivity index (χ1) is 27.2. The molecule has 10 rings (SSSR count). The van der Waals surface area contributed by atoms with Crippen molar-refractivity contribution in [3.63, 3.8) is 0 Å². The maximum Gasteiger partial charge on any atom is 0.160 e. The average molecular weight is 723 g/mol. The summed E-state index contributed by atoms with van der Waals surface area (Å²) in [5, 5.41) is 2.38. The van der Waals surface area contributed by atoms with Crippen LogP contribution < -0.4 is 0 Å². The monoisotopic (exact) mass is 722 g/mol. The van der Waals surface area contributed by atoms with Gasteiger partial charge in [0.05, 0.1) is 22.8 Å². The zero-order chi connectivity index (χ0) is 36.6. The van der Waals surface area contributed by atoms with E-state index in [1.165, 1.54) is 25.7 Å². The molecule has 5 heteroatoms. The molecular weight excluding hydrogens is 689 g/mol. The summed E-state index contributed by atoms with van der Waals surface area (Å²) in [4.78, 5) is 20.6. The predicted molar refractivity (Wildman–Crippen MR) is 229 cm³/mol. The Labute approximate surface area is 323 Å². The number of nitrogens with zero attached hydrogens (tertiary/aromatic N) is 4. The van der Waals surface area contributed by atoms with Crippen LogP contribution in [0.5, 0.6) is 0 Å². The van der Waals surface area contributed by atoms with E-state index in [1.807, 2.05) is 54.6 Å². The van der Waals surface area contributed by atoms with Gasteiger partial charge in [-0.15, -0.1) is 11.3 Å². The van der Waals surface area contributed by atoms with Gasteiger partial charge in [0.2, 0.25) is 0 Å². The molecule has 1 aliphatic rings. The molecule has 9 aromatic rings. The summed E-state index contributed by atoms with van der Waals surface area (Å²) in [6.07, 6.45) is 7.77. The van der Waals surface area contributed by atoms with Gasteiger partial charge >= 0.3 is 0 Å². The number of allylic oxidation sites excluding steroid dienone is 4.